The zero-order chi connectivity index (χ0) is 95.5. The van der Waals surface area contributed by atoms with E-state index in [9.17, 15) is 0 Å². The van der Waals surface area contributed by atoms with Crippen molar-refractivity contribution < 1.29 is 9.05 Å². The zero-order valence-corrected chi connectivity index (χ0v) is 83.8. The number of nitrogens with one attached hydrogen (secondary N) is 1. The van der Waals surface area contributed by atoms with Gasteiger partial charge in [0, 0.05) is 112 Å². The number of para-hydroxylation sites is 2. The quantitative estimate of drug-likeness (QED) is 0.167. The molecule has 17 heteroatoms. The van der Waals surface area contributed by atoms with Gasteiger partial charge in [0.15, 0.2) is 11.2 Å². The standard InChI is InChI=1S/C12H16N2.3C12H15N.4C11H14N2.2C11H13NO/c1-12(2,3)9-14-11-7-5-4-6-10(11)8-13-14;2*1-12(2,3)10-5-4-9-6-7-13-11(9)8-10;1-12(2,3)10-6-8-13-7-4-5-11(13)9-10;1-11(2,3)9-5-4-8-7-12-13-10(8)6-9;1-11(2,3)9-8-12-13-7-5-4-6-10(9)13;1-11(2,3)10-9-6-4-5-7-13(9)8-12-10;1-11(2,3)10-8-9-6-4-5-7-13(9)12-10;1-11(2,3)9-5-4-6-10-8(9)7-12-13-10;1-11(2,3)10-8-6-4-5-7-9(8)13-12-10/h4-8H,9H2,1-3H3;2*4-5,7-8H,6H2,1-3H3;4-9H,1-3H3;4-7H,1-3H3,(H,12,13);3*4-8H,1-3H3;2*4-7H,1-3H3. The number of hydrogen-bond donors (Lipinski definition) is 1. The average Bonchev–Trinajstić information content (AvgIpc) is 1.69. The third kappa shape index (κ3) is 26.8. The summed E-state index contributed by atoms with van der Waals surface area (Å²) in [6, 6.07) is 71.2. The SMILES string of the molecule is CC(C)(C)Cn1ncc2ccccc21.CC(C)(C)c1cc2ccccn2n1.CC(C)(C)c1ccc2c(c1)N=CC2.CC(C)(C)c1ccc2c(c1)N=CC2.CC(C)(C)c1ccc2cn[nH]c2c1.CC(C)(C)c1cccc2oncc12.CC(C)(C)c1ccn2cccc2c1.CC(C)(C)c1cnn2ccccc12.CC(C)(C)c1ncn2ccccc12.CC(C)(C)c1noc2ccccc12. The van der Waals surface area contributed by atoms with Gasteiger partial charge in [-0.1, -0.05) is 315 Å². The van der Waals surface area contributed by atoms with E-state index in [0.717, 1.165) is 80.8 Å². The molecular weight excluding hydrogens is 1610 g/mol. The molecule has 2 aliphatic heterocycles. The first-order chi connectivity index (χ1) is 61.3. The van der Waals surface area contributed by atoms with E-state index in [1.807, 2.05) is 144 Å². The lowest BCUT2D eigenvalue weighted by Crippen LogP contribution is -2.16. The van der Waals surface area contributed by atoms with Gasteiger partial charge in [0.25, 0.3) is 0 Å². The van der Waals surface area contributed by atoms with Crippen LogP contribution in [0.3, 0.4) is 0 Å². The second-order valence-corrected chi connectivity index (χ2v) is 44.7. The van der Waals surface area contributed by atoms with E-state index in [1.54, 1.807) is 6.20 Å². The van der Waals surface area contributed by atoms with E-state index < -0.39 is 0 Å². The molecule has 20 rings (SSSR count). The Balaban J connectivity index is 0.000000141. The maximum atomic E-state index is 5.23. The smallest absolute Gasteiger partial charge is 0.167 e. The molecule has 0 saturated carbocycles. The third-order valence-corrected chi connectivity index (χ3v) is 22.7. The van der Waals surface area contributed by atoms with Crippen LogP contribution in [0.15, 0.2) is 287 Å². The van der Waals surface area contributed by atoms with Gasteiger partial charge in [-0.15, -0.1) is 0 Å². The monoisotopic (exact) mass is 1750 g/mol. The number of aliphatic imine (C=N–C) groups is 2. The Labute approximate surface area is 778 Å². The molecule has 0 spiro atoms. The lowest BCUT2D eigenvalue weighted by atomic mass is 9.85. The van der Waals surface area contributed by atoms with Crippen LogP contribution in [0.1, 0.15) is 269 Å². The first-order valence-corrected chi connectivity index (χ1v) is 46.0. The number of H-pyrrole nitrogens is 1. The molecule has 14 heterocycles. The Morgan fingerprint density at radius 3 is 1.48 bits per heavy atom. The number of hydrogen-bond acceptors (Lipinski definition) is 11. The summed E-state index contributed by atoms with van der Waals surface area (Å²) < 4.78 is 20.4. The maximum absolute atomic E-state index is 5.23. The Hall–Kier alpha value is -12.6. The number of aromatic nitrogens is 13. The van der Waals surface area contributed by atoms with Crippen molar-refractivity contribution in [3.05, 3.63) is 330 Å². The highest BCUT2D eigenvalue weighted by Crippen LogP contribution is 2.37. The van der Waals surface area contributed by atoms with Crippen LogP contribution in [0.25, 0.3) is 65.8 Å². The van der Waals surface area contributed by atoms with Crippen LogP contribution in [0.5, 0.6) is 0 Å². The van der Waals surface area contributed by atoms with Gasteiger partial charge in [-0.3, -0.25) is 19.8 Å². The largest absolute Gasteiger partial charge is 0.356 e. The van der Waals surface area contributed by atoms with E-state index >= 15 is 0 Å². The van der Waals surface area contributed by atoms with Crippen LogP contribution < -0.4 is 0 Å². The molecule has 1 N–H and O–H groups in total. The number of pyridine rings is 4. The summed E-state index contributed by atoms with van der Waals surface area (Å²) in [5, 5.41) is 32.7. The molecule has 0 atom stereocenters. The molecule has 18 aromatic rings. The highest BCUT2D eigenvalue weighted by atomic mass is 16.5. The predicted molar refractivity (Wildman–Crippen MR) is 551 cm³/mol. The lowest BCUT2D eigenvalue weighted by Gasteiger charge is -2.19. The third-order valence-electron chi connectivity index (χ3n) is 22.7. The van der Waals surface area contributed by atoms with Crippen LogP contribution in [-0.2, 0) is 68.1 Å². The van der Waals surface area contributed by atoms with Crippen LogP contribution in [0.2, 0.25) is 0 Å². The molecule has 0 amide bonds. The van der Waals surface area contributed by atoms with Crippen molar-refractivity contribution in [2.75, 3.05) is 0 Å². The predicted octanol–water partition coefficient (Wildman–Crippen LogP) is 29.8. The second kappa shape index (κ2) is 40.4. The molecule has 0 aliphatic carbocycles. The van der Waals surface area contributed by atoms with E-state index in [-0.39, 0.29) is 54.1 Å². The molecular formula is C114H143N15O2. The summed E-state index contributed by atoms with van der Waals surface area (Å²) in [4.78, 5) is 13.1. The summed E-state index contributed by atoms with van der Waals surface area (Å²) in [5.41, 5.74) is 27.1. The summed E-state index contributed by atoms with van der Waals surface area (Å²) in [6.45, 7) is 67.0. The molecule has 0 fully saturated rings. The molecule has 17 nitrogen and oxygen atoms in total. The molecule has 0 radical (unpaired) electrons. The summed E-state index contributed by atoms with van der Waals surface area (Å²) in [6.07, 6.45) is 25.5. The summed E-state index contributed by atoms with van der Waals surface area (Å²) >= 11 is 0. The van der Waals surface area contributed by atoms with E-state index in [0.29, 0.717) is 0 Å². The van der Waals surface area contributed by atoms with Gasteiger partial charge >= 0.3 is 0 Å². The number of benzene rings is 6. The topological polar surface area (TPSA) is 180 Å². The van der Waals surface area contributed by atoms with Crippen molar-refractivity contribution in [1.82, 2.24) is 63.3 Å². The fourth-order valence-corrected chi connectivity index (χ4v) is 14.9. The highest BCUT2D eigenvalue weighted by molar-refractivity contribution is 5.83. The van der Waals surface area contributed by atoms with Gasteiger partial charge in [-0.05, 0) is 186 Å². The molecule has 12 aromatic heterocycles. The van der Waals surface area contributed by atoms with Gasteiger partial charge in [0.1, 0.15) is 0 Å². The lowest BCUT2D eigenvalue weighted by molar-refractivity contribution is 0.331. The van der Waals surface area contributed by atoms with Crippen molar-refractivity contribution in [1.29, 1.82) is 0 Å². The Morgan fingerprint density at radius 1 is 0.351 bits per heavy atom. The molecule has 686 valence electrons. The van der Waals surface area contributed by atoms with E-state index in [2.05, 4.69) is 412 Å². The van der Waals surface area contributed by atoms with Crippen LogP contribution >= 0.6 is 0 Å². The Kier molecular flexibility index (Phi) is 30.5. The first kappa shape index (κ1) is 99.0. The zero-order valence-electron chi connectivity index (χ0n) is 83.8. The number of aromatic amines is 1. The van der Waals surface area contributed by atoms with Crippen molar-refractivity contribution in [2.45, 2.75) is 276 Å². The summed E-state index contributed by atoms with van der Waals surface area (Å²) in [5.74, 6) is 0. The van der Waals surface area contributed by atoms with Crippen LogP contribution in [0, 0.1) is 5.41 Å². The van der Waals surface area contributed by atoms with Crippen LogP contribution in [-0.4, -0.2) is 75.7 Å². The van der Waals surface area contributed by atoms with Crippen molar-refractivity contribution >= 4 is 89.6 Å². The van der Waals surface area contributed by atoms with Crippen molar-refractivity contribution in [3.63, 3.8) is 0 Å². The van der Waals surface area contributed by atoms with E-state index in [1.165, 1.54) is 77.3 Å². The van der Waals surface area contributed by atoms with E-state index in [4.69, 9.17) is 9.05 Å². The number of imidazole rings is 1. The number of rotatable bonds is 1. The minimum absolute atomic E-state index is 0.0482. The molecule has 0 unspecified atom stereocenters. The second-order valence-electron chi connectivity index (χ2n) is 44.7. The molecule has 0 bridgehead atoms. The fourth-order valence-electron chi connectivity index (χ4n) is 14.9. The van der Waals surface area contributed by atoms with Gasteiger partial charge in [-0.2, -0.15) is 20.4 Å². The number of fused-ring (bicyclic) bond motifs is 10. The Morgan fingerprint density at radius 2 is 0.878 bits per heavy atom. The minimum Gasteiger partial charge on any atom is -0.356 e. The first-order valence-electron chi connectivity index (χ1n) is 46.0. The Bertz CT molecular complexity index is 6390. The van der Waals surface area contributed by atoms with Gasteiger partial charge in [-0.25, -0.2) is 14.0 Å². The van der Waals surface area contributed by atoms with Crippen molar-refractivity contribution in [2.24, 2.45) is 15.4 Å². The molecule has 131 heavy (non-hydrogen) atoms. The molecule has 2 aliphatic rings. The summed E-state index contributed by atoms with van der Waals surface area (Å²) in [7, 11) is 0. The van der Waals surface area contributed by atoms with Gasteiger partial charge < -0.3 is 17.8 Å². The van der Waals surface area contributed by atoms with Crippen molar-refractivity contribution in [3.8, 4) is 0 Å². The molecule has 0 saturated heterocycles. The highest BCUT2D eigenvalue weighted by Gasteiger charge is 2.26. The fraction of sp³-hybridized carbons (Fsp3) is 0.377. The maximum Gasteiger partial charge on any atom is 0.167 e. The van der Waals surface area contributed by atoms with Gasteiger partial charge in [0.05, 0.1) is 87.2 Å². The average molecular weight is 1760 g/mol. The molecule has 6 aromatic carbocycles. The number of nitrogens with zero attached hydrogens (tertiary/aromatic N) is 14. The van der Waals surface area contributed by atoms with Crippen LogP contribution in [0.4, 0.5) is 11.4 Å². The minimum atomic E-state index is 0.0482. The van der Waals surface area contributed by atoms with Gasteiger partial charge in [0.2, 0.25) is 0 Å². The normalized spacial score (nSPS) is 12.7.